The maximum atomic E-state index is 11.5. The number of carbonyl (C=O) groups is 1. The molecule has 1 aromatic carbocycles. The quantitative estimate of drug-likeness (QED) is 0.874. The van der Waals surface area contributed by atoms with Crippen LogP contribution in [0.4, 0.5) is 0 Å². The van der Waals surface area contributed by atoms with Gasteiger partial charge in [-0.25, -0.2) is 0 Å². The molecule has 0 heterocycles. The van der Waals surface area contributed by atoms with Gasteiger partial charge in [0.25, 0.3) is 0 Å². The van der Waals surface area contributed by atoms with Crippen LogP contribution in [-0.2, 0) is 15.1 Å². The molecule has 1 aliphatic rings. The van der Waals surface area contributed by atoms with E-state index in [1.165, 1.54) is 7.11 Å². The second kappa shape index (κ2) is 4.44. The molecule has 0 bridgehead atoms. The third-order valence-corrected chi connectivity index (χ3v) is 3.02. The van der Waals surface area contributed by atoms with Crippen molar-refractivity contribution in [3.63, 3.8) is 0 Å². The summed E-state index contributed by atoms with van der Waals surface area (Å²) in [7, 11) is 1.51. The average molecular weight is 240 g/mol. The second-order valence-corrected chi connectivity index (χ2v) is 4.51. The summed E-state index contributed by atoms with van der Waals surface area (Å²) in [6.07, 6.45) is 1.92. The Morgan fingerprint density at radius 2 is 2.31 bits per heavy atom. The van der Waals surface area contributed by atoms with E-state index in [0.29, 0.717) is 5.02 Å². The van der Waals surface area contributed by atoms with Crippen LogP contribution < -0.4 is 5.32 Å². The first kappa shape index (κ1) is 11.4. The van der Waals surface area contributed by atoms with Gasteiger partial charge in [0.1, 0.15) is 6.61 Å². The topological polar surface area (TPSA) is 38.3 Å². The van der Waals surface area contributed by atoms with E-state index in [0.717, 1.165) is 18.4 Å². The van der Waals surface area contributed by atoms with Crippen LogP contribution in [0.5, 0.6) is 0 Å². The van der Waals surface area contributed by atoms with Crippen LogP contribution in [0.15, 0.2) is 24.3 Å². The number of halogens is 1. The zero-order valence-corrected chi connectivity index (χ0v) is 9.88. The number of hydrogen-bond acceptors (Lipinski definition) is 2. The highest BCUT2D eigenvalue weighted by Crippen LogP contribution is 2.45. The van der Waals surface area contributed by atoms with Crippen molar-refractivity contribution in [2.24, 2.45) is 0 Å². The molecule has 1 aliphatic carbocycles. The predicted molar refractivity (Wildman–Crippen MR) is 62.4 cm³/mol. The zero-order valence-electron chi connectivity index (χ0n) is 9.13. The Kier molecular flexibility index (Phi) is 3.17. The SMILES string of the molecule is COCC(=O)NC1(c2cccc(Cl)c2)CC1. The summed E-state index contributed by atoms with van der Waals surface area (Å²) in [5.74, 6) is -0.0834. The van der Waals surface area contributed by atoms with E-state index >= 15 is 0 Å². The summed E-state index contributed by atoms with van der Waals surface area (Å²) >= 11 is 5.94. The second-order valence-electron chi connectivity index (χ2n) is 4.07. The van der Waals surface area contributed by atoms with Crippen LogP contribution in [0.1, 0.15) is 18.4 Å². The first-order chi connectivity index (χ1) is 7.66. The van der Waals surface area contributed by atoms with Crippen molar-refractivity contribution < 1.29 is 9.53 Å². The van der Waals surface area contributed by atoms with Crippen molar-refractivity contribution in [2.75, 3.05) is 13.7 Å². The molecule has 0 aromatic heterocycles. The fourth-order valence-corrected chi connectivity index (χ4v) is 2.02. The number of ether oxygens (including phenoxy) is 1. The Balaban J connectivity index is 2.11. The van der Waals surface area contributed by atoms with Crippen molar-refractivity contribution in [3.05, 3.63) is 34.9 Å². The molecular formula is C12H14ClNO2. The smallest absolute Gasteiger partial charge is 0.246 e. The van der Waals surface area contributed by atoms with Crippen LogP contribution >= 0.6 is 11.6 Å². The monoisotopic (exact) mass is 239 g/mol. The van der Waals surface area contributed by atoms with Crippen LogP contribution in [-0.4, -0.2) is 19.6 Å². The number of amides is 1. The van der Waals surface area contributed by atoms with Gasteiger partial charge in [-0.05, 0) is 30.5 Å². The van der Waals surface area contributed by atoms with E-state index < -0.39 is 0 Å². The van der Waals surface area contributed by atoms with Gasteiger partial charge >= 0.3 is 0 Å². The van der Waals surface area contributed by atoms with Gasteiger partial charge in [-0.2, -0.15) is 0 Å². The Bertz CT molecular complexity index is 402. The summed E-state index contributed by atoms with van der Waals surface area (Å²) in [6, 6.07) is 7.63. The van der Waals surface area contributed by atoms with E-state index in [9.17, 15) is 4.79 Å². The van der Waals surface area contributed by atoms with Crippen LogP contribution in [0, 0.1) is 0 Å². The Labute approximate surface area is 99.7 Å². The van der Waals surface area contributed by atoms with E-state index in [2.05, 4.69) is 5.32 Å². The molecule has 0 aliphatic heterocycles. The first-order valence-corrected chi connectivity index (χ1v) is 5.60. The highest BCUT2D eigenvalue weighted by Gasteiger charge is 2.45. The minimum Gasteiger partial charge on any atom is -0.375 e. The summed E-state index contributed by atoms with van der Waals surface area (Å²) in [5.41, 5.74) is 0.866. The molecule has 86 valence electrons. The molecule has 0 unspecified atom stereocenters. The predicted octanol–water partition coefficient (Wildman–Crippen LogP) is 2.09. The number of methoxy groups -OCH3 is 1. The largest absolute Gasteiger partial charge is 0.375 e. The maximum absolute atomic E-state index is 11.5. The lowest BCUT2D eigenvalue weighted by atomic mass is 10.1. The molecular weight excluding hydrogens is 226 g/mol. The van der Waals surface area contributed by atoms with Crippen LogP contribution in [0.25, 0.3) is 0 Å². The number of hydrogen-bond donors (Lipinski definition) is 1. The summed E-state index contributed by atoms with van der Waals surface area (Å²) in [5, 5.41) is 3.69. The van der Waals surface area contributed by atoms with Crippen LogP contribution in [0.2, 0.25) is 5.02 Å². The molecule has 1 aromatic rings. The minimum absolute atomic E-state index is 0.0834. The molecule has 16 heavy (non-hydrogen) atoms. The number of nitrogens with one attached hydrogen (secondary N) is 1. The molecule has 0 spiro atoms. The molecule has 2 rings (SSSR count). The lowest BCUT2D eigenvalue weighted by Crippen LogP contribution is -2.37. The van der Waals surface area contributed by atoms with Gasteiger partial charge < -0.3 is 10.1 Å². The van der Waals surface area contributed by atoms with Gasteiger partial charge in [0.15, 0.2) is 0 Å². The molecule has 4 heteroatoms. The fraction of sp³-hybridized carbons (Fsp3) is 0.417. The highest BCUT2D eigenvalue weighted by molar-refractivity contribution is 6.30. The molecule has 1 saturated carbocycles. The molecule has 3 nitrogen and oxygen atoms in total. The van der Waals surface area contributed by atoms with Crippen molar-refractivity contribution in [1.29, 1.82) is 0 Å². The van der Waals surface area contributed by atoms with E-state index in [1.807, 2.05) is 24.3 Å². The maximum Gasteiger partial charge on any atom is 0.246 e. The van der Waals surface area contributed by atoms with Gasteiger partial charge in [-0.1, -0.05) is 23.7 Å². The summed E-state index contributed by atoms with van der Waals surface area (Å²) in [4.78, 5) is 11.5. The molecule has 0 atom stereocenters. The molecule has 0 radical (unpaired) electrons. The van der Waals surface area contributed by atoms with Crippen molar-refractivity contribution in [1.82, 2.24) is 5.32 Å². The lowest BCUT2D eigenvalue weighted by Gasteiger charge is -2.17. The highest BCUT2D eigenvalue weighted by atomic mass is 35.5. The Morgan fingerprint density at radius 3 is 2.88 bits per heavy atom. The molecule has 0 saturated heterocycles. The normalized spacial score (nSPS) is 16.9. The van der Waals surface area contributed by atoms with E-state index in [4.69, 9.17) is 16.3 Å². The van der Waals surface area contributed by atoms with Crippen molar-refractivity contribution in [3.8, 4) is 0 Å². The average Bonchev–Trinajstić information content (AvgIpc) is 2.99. The van der Waals surface area contributed by atoms with Gasteiger partial charge in [-0.3, -0.25) is 4.79 Å². The van der Waals surface area contributed by atoms with E-state index in [1.54, 1.807) is 0 Å². The van der Waals surface area contributed by atoms with E-state index in [-0.39, 0.29) is 18.1 Å². The van der Waals surface area contributed by atoms with Gasteiger partial charge in [0.2, 0.25) is 5.91 Å². The molecule has 1 N–H and O–H groups in total. The number of carbonyl (C=O) groups excluding carboxylic acids is 1. The van der Waals surface area contributed by atoms with Crippen molar-refractivity contribution in [2.45, 2.75) is 18.4 Å². The third-order valence-electron chi connectivity index (χ3n) is 2.78. The molecule has 1 fully saturated rings. The zero-order chi connectivity index (χ0) is 11.6. The summed E-state index contributed by atoms with van der Waals surface area (Å²) in [6.45, 7) is 0.0995. The fourth-order valence-electron chi connectivity index (χ4n) is 1.83. The Hall–Kier alpha value is -1.06. The van der Waals surface area contributed by atoms with Gasteiger partial charge in [0.05, 0.1) is 5.54 Å². The molecule has 1 amide bonds. The van der Waals surface area contributed by atoms with Gasteiger partial charge in [0, 0.05) is 12.1 Å². The van der Waals surface area contributed by atoms with Crippen LogP contribution in [0.3, 0.4) is 0 Å². The Morgan fingerprint density at radius 1 is 1.56 bits per heavy atom. The number of rotatable bonds is 4. The minimum atomic E-state index is -0.208. The van der Waals surface area contributed by atoms with Crippen molar-refractivity contribution >= 4 is 17.5 Å². The third kappa shape index (κ3) is 2.36. The first-order valence-electron chi connectivity index (χ1n) is 5.22. The number of benzene rings is 1. The van der Waals surface area contributed by atoms with Gasteiger partial charge in [-0.15, -0.1) is 0 Å². The summed E-state index contributed by atoms with van der Waals surface area (Å²) < 4.78 is 4.80. The lowest BCUT2D eigenvalue weighted by molar-refractivity contribution is -0.125. The standard InChI is InChI=1S/C12H14ClNO2/c1-16-8-11(15)14-12(5-6-12)9-3-2-4-10(13)7-9/h2-4,7H,5-6,8H2,1H3,(H,14,15).